The topological polar surface area (TPSA) is 62.5 Å². The van der Waals surface area contributed by atoms with Crippen LogP contribution >= 0.6 is 0 Å². The number of carbonyl (C=O) groups excluding carboxylic acids is 1. The van der Waals surface area contributed by atoms with Crippen LogP contribution in [-0.4, -0.2) is 30.1 Å². The van der Waals surface area contributed by atoms with Crippen LogP contribution < -0.4 is 15.5 Å². The number of rotatable bonds is 2. The van der Waals surface area contributed by atoms with Gasteiger partial charge in [-0.3, -0.25) is 4.90 Å². The number of pyridine rings is 1. The number of hydrogen-bond acceptors (Lipinski definition) is 3. The number of anilines is 2. The van der Waals surface area contributed by atoms with E-state index in [1.807, 2.05) is 6.07 Å². The third-order valence-corrected chi connectivity index (χ3v) is 4.85. The van der Waals surface area contributed by atoms with Gasteiger partial charge < -0.3 is 10.6 Å². The Kier molecular flexibility index (Phi) is 3.42. The van der Waals surface area contributed by atoms with E-state index in [9.17, 15) is 13.6 Å². The highest BCUT2D eigenvalue weighted by molar-refractivity contribution is 5.96. The molecule has 1 aromatic heterocycles. The summed E-state index contributed by atoms with van der Waals surface area (Å²) in [4.78, 5) is 20.2. The Balaban J connectivity index is 1.81. The number of nitrogens with zero attached hydrogens (tertiary/aromatic N) is 3. The first-order valence-corrected chi connectivity index (χ1v) is 8.18. The predicted octanol–water partition coefficient (Wildman–Crippen LogP) is 3.34. The zero-order valence-corrected chi connectivity index (χ0v) is 13.7. The molecular weight excluding hydrogens is 326 g/mol. The van der Waals surface area contributed by atoms with Gasteiger partial charge in [0.05, 0.1) is 17.4 Å². The van der Waals surface area contributed by atoms with Crippen molar-refractivity contribution in [2.75, 3.05) is 22.9 Å². The van der Waals surface area contributed by atoms with Gasteiger partial charge in [-0.2, -0.15) is 0 Å². The molecule has 130 valence electrons. The van der Waals surface area contributed by atoms with Gasteiger partial charge in [0.1, 0.15) is 0 Å². The van der Waals surface area contributed by atoms with Crippen molar-refractivity contribution < 1.29 is 13.6 Å². The lowest BCUT2D eigenvalue weighted by Crippen LogP contribution is -2.48. The van der Waals surface area contributed by atoms with Gasteiger partial charge in [0, 0.05) is 31.1 Å². The Hall–Kier alpha value is -2.70. The van der Waals surface area contributed by atoms with Crippen molar-refractivity contribution in [1.82, 2.24) is 4.98 Å². The third-order valence-electron chi connectivity index (χ3n) is 4.85. The van der Waals surface area contributed by atoms with Gasteiger partial charge in [-0.05, 0) is 24.6 Å². The predicted molar refractivity (Wildman–Crippen MR) is 91.9 cm³/mol. The molecule has 2 bridgehead atoms. The number of hydrogen-bond donors (Lipinski definition) is 1. The lowest BCUT2D eigenvalue weighted by molar-refractivity contribution is 0.0175. The number of aromatic nitrogens is 1. The third kappa shape index (κ3) is 2.59. The zero-order valence-electron chi connectivity index (χ0n) is 13.7. The lowest BCUT2D eigenvalue weighted by atomic mass is 10.0. The largest absolute Gasteiger partial charge is 0.366 e. The second-order valence-corrected chi connectivity index (χ2v) is 6.61. The number of fused-ring (bicyclic) bond motifs is 4. The number of amides is 2. The second kappa shape index (κ2) is 5.40. The van der Waals surface area contributed by atoms with Crippen molar-refractivity contribution >= 4 is 17.5 Å². The maximum absolute atomic E-state index is 13.6. The van der Waals surface area contributed by atoms with Gasteiger partial charge in [0.15, 0.2) is 5.82 Å². The van der Waals surface area contributed by atoms with E-state index in [4.69, 9.17) is 5.73 Å². The molecule has 3 heterocycles. The molecule has 2 N–H and O–H groups in total. The van der Waals surface area contributed by atoms with Crippen LogP contribution in [0.3, 0.4) is 0 Å². The van der Waals surface area contributed by atoms with Crippen LogP contribution in [0.4, 0.5) is 25.1 Å². The molecule has 7 heteroatoms. The highest BCUT2D eigenvalue weighted by atomic mass is 19.3. The molecule has 1 atom stereocenters. The Morgan fingerprint density at radius 3 is 2.84 bits per heavy atom. The summed E-state index contributed by atoms with van der Waals surface area (Å²) in [6.45, 7) is 2.46. The first-order valence-electron chi connectivity index (χ1n) is 8.18. The molecule has 0 saturated carbocycles. The molecule has 4 rings (SSSR count). The van der Waals surface area contributed by atoms with Crippen LogP contribution in [0.25, 0.3) is 11.3 Å². The Morgan fingerprint density at radius 2 is 2.12 bits per heavy atom. The van der Waals surface area contributed by atoms with Crippen LogP contribution in [0.1, 0.15) is 18.9 Å². The molecule has 2 amide bonds. The molecule has 0 spiro atoms. The summed E-state index contributed by atoms with van der Waals surface area (Å²) in [5.41, 5.74) is 7.47. The molecule has 1 unspecified atom stereocenters. The summed E-state index contributed by atoms with van der Waals surface area (Å²) < 4.78 is 27.2. The SMILES string of the molecule is CC(F)(F)c1cccc(-c2ccc3c(n2)N(C(N)=O)C2CCN3C2)c1. The van der Waals surface area contributed by atoms with Gasteiger partial charge in [0.2, 0.25) is 0 Å². The quantitative estimate of drug-likeness (QED) is 0.909. The number of nitrogens with two attached hydrogens (primary N) is 1. The molecule has 2 aliphatic rings. The number of alkyl halides is 2. The number of halogens is 2. The van der Waals surface area contributed by atoms with Crippen LogP contribution in [-0.2, 0) is 5.92 Å². The van der Waals surface area contributed by atoms with Gasteiger partial charge in [-0.1, -0.05) is 18.2 Å². The summed E-state index contributed by atoms with van der Waals surface area (Å²) in [6, 6.07) is 9.30. The van der Waals surface area contributed by atoms with Crippen molar-refractivity contribution in [2.24, 2.45) is 5.73 Å². The van der Waals surface area contributed by atoms with Crippen molar-refractivity contribution in [3.05, 3.63) is 42.0 Å². The molecular formula is C18H18F2N4O. The minimum absolute atomic E-state index is 0.0130. The monoisotopic (exact) mass is 344 g/mol. The Labute approximate surface area is 144 Å². The summed E-state index contributed by atoms with van der Waals surface area (Å²) in [7, 11) is 0. The maximum Gasteiger partial charge on any atom is 0.320 e. The molecule has 2 aromatic rings. The highest BCUT2D eigenvalue weighted by Crippen LogP contribution is 2.40. The van der Waals surface area contributed by atoms with E-state index in [-0.39, 0.29) is 11.6 Å². The van der Waals surface area contributed by atoms with E-state index in [0.29, 0.717) is 17.1 Å². The van der Waals surface area contributed by atoms with Gasteiger partial charge >= 0.3 is 6.03 Å². The van der Waals surface area contributed by atoms with Crippen LogP contribution in [0.5, 0.6) is 0 Å². The number of carbonyl (C=O) groups is 1. The first-order chi connectivity index (χ1) is 11.8. The van der Waals surface area contributed by atoms with Crippen molar-refractivity contribution in [1.29, 1.82) is 0 Å². The summed E-state index contributed by atoms with van der Waals surface area (Å²) >= 11 is 0. The lowest BCUT2D eigenvalue weighted by Gasteiger charge is -2.34. The van der Waals surface area contributed by atoms with Gasteiger partial charge in [0.25, 0.3) is 5.92 Å². The van der Waals surface area contributed by atoms with E-state index >= 15 is 0 Å². The standard InChI is InChI=1S/C18H18F2N4O/c1-18(19,20)12-4-2-3-11(9-12)14-5-6-15-16(22-14)24(17(21)25)13-7-8-23(15)10-13/h2-6,9,13H,7-8,10H2,1H3,(H2,21,25). The minimum Gasteiger partial charge on any atom is -0.366 e. The molecule has 0 radical (unpaired) electrons. The summed E-state index contributed by atoms with van der Waals surface area (Å²) in [6.07, 6.45) is 0.839. The van der Waals surface area contributed by atoms with E-state index < -0.39 is 12.0 Å². The summed E-state index contributed by atoms with van der Waals surface area (Å²) in [5.74, 6) is -2.42. The van der Waals surface area contributed by atoms with Crippen molar-refractivity contribution in [2.45, 2.75) is 25.3 Å². The van der Waals surface area contributed by atoms with E-state index in [1.165, 1.54) is 17.0 Å². The van der Waals surface area contributed by atoms with Crippen molar-refractivity contribution in [3.63, 3.8) is 0 Å². The zero-order chi connectivity index (χ0) is 17.8. The van der Waals surface area contributed by atoms with E-state index in [1.54, 1.807) is 18.2 Å². The van der Waals surface area contributed by atoms with Crippen LogP contribution in [0.2, 0.25) is 0 Å². The number of benzene rings is 1. The maximum atomic E-state index is 13.6. The normalized spacial score (nSPS) is 19.1. The van der Waals surface area contributed by atoms with Gasteiger partial charge in [-0.25, -0.2) is 18.6 Å². The van der Waals surface area contributed by atoms with Crippen LogP contribution in [0.15, 0.2) is 36.4 Å². The molecule has 0 aliphatic carbocycles. The number of urea groups is 1. The Morgan fingerprint density at radius 1 is 1.32 bits per heavy atom. The molecule has 25 heavy (non-hydrogen) atoms. The first kappa shape index (κ1) is 15.8. The average Bonchev–Trinajstić information content (AvgIpc) is 2.98. The molecule has 1 fully saturated rings. The Bertz CT molecular complexity index is 849. The molecule has 1 saturated heterocycles. The highest BCUT2D eigenvalue weighted by Gasteiger charge is 2.39. The van der Waals surface area contributed by atoms with E-state index in [0.717, 1.165) is 32.1 Å². The molecule has 2 aliphatic heterocycles. The smallest absolute Gasteiger partial charge is 0.320 e. The van der Waals surface area contributed by atoms with Gasteiger partial charge in [-0.15, -0.1) is 0 Å². The number of primary amides is 1. The minimum atomic E-state index is -2.92. The molecule has 1 aromatic carbocycles. The van der Waals surface area contributed by atoms with Crippen molar-refractivity contribution in [3.8, 4) is 11.3 Å². The molecule has 5 nitrogen and oxygen atoms in total. The fourth-order valence-corrected chi connectivity index (χ4v) is 3.61. The fraction of sp³-hybridized carbons (Fsp3) is 0.333. The van der Waals surface area contributed by atoms with E-state index in [2.05, 4.69) is 9.88 Å². The fourth-order valence-electron chi connectivity index (χ4n) is 3.61. The summed E-state index contributed by atoms with van der Waals surface area (Å²) in [5, 5.41) is 0. The average molecular weight is 344 g/mol. The van der Waals surface area contributed by atoms with Crippen LogP contribution in [0, 0.1) is 0 Å². The second-order valence-electron chi connectivity index (χ2n) is 6.61.